The molecule has 0 aromatic heterocycles. The van der Waals surface area contributed by atoms with Crippen LogP contribution in [-0.2, 0) is 21.0 Å². The molecule has 3 aliphatic rings. The number of amides is 1. The summed E-state index contributed by atoms with van der Waals surface area (Å²) in [5.74, 6) is 1.01. The van der Waals surface area contributed by atoms with E-state index in [1.165, 1.54) is 43.4 Å². The van der Waals surface area contributed by atoms with E-state index in [0.717, 1.165) is 97.5 Å². The molecule has 0 spiro atoms. The zero-order valence-corrected chi connectivity index (χ0v) is 41.5. The van der Waals surface area contributed by atoms with E-state index in [4.69, 9.17) is 24.2 Å². The Morgan fingerprint density at radius 3 is 2.27 bits per heavy atom. The van der Waals surface area contributed by atoms with Crippen molar-refractivity contribution in [3.8, 4) is 11.5 Å². The number of carbonyl (C=O) groups excluding carboxylic acids is 1. The van der Waals surface area contributed by atoms with Crippen LogP contribution in [0.25, 0.3) is 0 Å². The highest BCUT2D eigenvalue weighted by Gasteiger charge is 2.65. The quantitative estimate of drug-likeness (QED) is 0.0276. The number of aliphatic hydroxyl groups is 2. The first-order chi connectivity index (χ1) is 33.0. The predicted molar refractivity (Wildman–Crippen MR) is 273 cm³/mol. The van der Waals surface area contributed by atoms with Gasteiger partial charge in [0.1, 0.15) is 24.1 Å². The molecular formula is C57H80N2O7S. The minimum Gasteiger partial charge on any atom is -0.493 e. The average Bonchev–Trinajstić information content (AvgIpc) is 3.35. The highest BCUT2D eigenvalue weighted by molar-refractivity contribution is 7.99. The van der Waals surface area contributed by atoms with Gasteiger partial charge in [-0.05, 0) is 91.8 Å². The Morgan fingerprint density at radius 2 is 1.57 bits per heavy atom. The number of nitrogens with zero attached hydrogens (tertiary/aromatic N) is 2. The molecule has 1 saturated carbocycles. The Kier molecular flexibility index (Phi) is 22.2. The molecule has 1 aliphatic heterocycles. The van der Waals surface area contributed by atoms with E-state index in [1.807, 2.05) is 48.5 Å². The summed E-state index contributed by atoms with van der Waals surface area (Å²) in [5, 5.41) is 25.1. The summed E-state index contributed by atoms with van der Waals surface area (Å²) in [6, 6.07) is 26.2. The number of benzene rings is 3. The molecule has 3 aromatic rings. The van der Waals surface area contributed by atoms with Gasteiger partial charge in [-0.1, -0.05) is 144 Å². The summed E-state index contributed by atoms with van der Waals surface area (Å²) < 4.78 is 21.2. The van der Waals surface area contributed by atoms with Crippen LogP contribution in [0, 0.1) is 17.8 Å². The van der Waals surface area contributed by atoms with Gasteiger partial charge in [0, 0.05) is 54.7 Å². The van der Waals surface area contributed by atoms with Gasteiger partial charge in [-0.2, -0.15) is 0 Å². The first-order valence-corrected chi connectivity index (χ1v) is 26.8. The van der Waals surface area contributed by atoms with Crippen LogP contribution in [0.4, 0.5) is 0 Å². The molecule has 1 fully saturated rings. The van der Waals surface area contributed by atoms with Gasteiger partial charge in [-0.3, -0.25) is 4.79 Å². The zero-order chi connectivity index (χ0) is 47.1. The number of ether oxygens (including phenoxy) is 3. The molecule has 6 atom stereocenters. The van der Waals surface area contributed by atoms with Crippen molar-refractivity contribution >= 4 is 23.4 Å². The lowest BCUT2D eigenvalue weighted by atomic mass is 9.55. The number of unbranched alkanes of at least 4 members (excludes halogenated alkanes) is 10. The van der Waals surface area contributed by atoms with Gasteiger partial charge in [0.2, 0.25) is 11.7 Å². The lowest BCUT2D eigenvalue weighted by Gasteiger charge is -2.60. The molecule has 6 rings (SSSR count). The van der Waals surface area contributed by atoms with E-state index in [0.29, 0.717) is 39.0 Å². The molecule has 0 bridgehead atoms. The number of oxime groups is 1. The fourth-order valence-corrected chi connectivity index (χ4v) is 11.5. The molecule has 0 saturated heterocycles. The molecule has 9 nitrogen and oxygen atoms in total. The van der Waals surface area contributed by atoms with E-state index < -0.39 is 11.8 Å². The molecule has 67 heavy (non-hydrogen) atoms. The zero-order valence-electron chi connectivity index (χ0n) is 40.7. The number of hydrogen-bond acceptors (Lipinski definition) is 9. The number of thioether (sulfide) groups is 1. The summed E-state index contributed by atoms with van der Waals surface area (Å²) >= 11 is 1.77. The van der Waals surface area contributed by atoms with Crippen LogP contribution >= 0.6 is 11.8 Å². The second kappa shape index (κ2) is 28.4. The van der Waals surface area contributed by atoms with Crippen molar-refractivity contribution < 1.29 is 34.1 Å². The van der Waals surface area contributed by atoms with Crippen molar-refractivity contribution in [3.05, 3.63) is 114 Å². The molecule has 3 aromatic carbocycles. The topological polar surface area (TPSA) is 110 Å². The Labute approximate surface area is 406 Å². The second-order valence-corrected chi connectivity index (χ2v) is 19.9. The van der Waals surface area contributed by atoms with Crippen LogP contribution in [0.5, 0.6) is 11.5 Å². The third-order valence-electron chi connectivity index (χ3n) is 13.9. The fourth-order valence-electron chi connectivity index (χ4n) is 10.8. The van der Waals surface area contributed by atoms with Crippen LogP contribution in [0.1, 0.15) is 146 Å². The van der Waals surface area contributed by atoms with Gasteiger partial charge in [-0.15, -0.1) is 18.3 Å². The molecule has 1 amide bonds. The maximum Gasteiger partial charge on any atom is 0.239 e. The van der Waals surface area contributed by atoms with E-state index >= 15 is 0 Å². The number of carbonyl (C=O) groups is 1. The van der Waals surface area contributed by atoms with E-state index in [9.17, 15) is 15.0 Å². The van der Waals surface area contributed by atoms with Gasteiger partial charge >= 0.3 is 0 Å². The normalized spacial score (nSPS) is 22.3. The Bertz CT molecular complexity index is 1980. The van der Waals surface area contributed by atoms with Gasteiger partial charge in [-0.25, -0.2) is 0 Å². The molecular weight excluding hydrogens is 857 g/mol. The van der Waals surface area contributed by atoms with Crippen LogP contribution in [0.15, 0.2) is 113 Å². The number of hydrogen-bond donors (Lipinski definition) is 2. The molecule has 10 heteroatoms. The summed E-state index contributed by atoms with van der Waals surface area (Å²) in [4.78, 5) is 24.5. The van der Waals surface area contributed by atoms with Crippen molar-refractivity contribution in [2.45, 2.75) is 159 Å². The van der Waals surface area contributed by atoms with E-state index in [2.05, 4.69) is 61.7 Å². The predicted octanol–water partition coefficient (Wildman–Crippen LogP) is 12.9. The van der Waals surface area contributed by atoms with E-state index in [-0.39, 0.29) is 49.4 Å². The molecule has 366 valence electrons. The highest BCUT2D eigenvalue weighted by atomic mass is 32.2. The number of rotatable bonds is 32. The Morgan fingerprint density at radius 1 is 0.866 bits per heavy atom. The number of aliphatic hydroxyl groups excluding tert-OH is 2. The maximum absolute atomic E-state index is 14.9. The molecule has 1 heterocycles. The van der Waals surface area contributed by atoms with Crippen molar-refractivity contribution in [2.75, 3.05) is 38.7 Å². The average molecular weight is 937 g/mol. The van der Waals surface area contributed by atoms with Gasteiger partial charge in [0.05, 0.1) is 24.8 Å². The van der Waals surface area contributed by atoms with Gasteiger partial charge in [0.15, 0.2) is 0 Å². The highest BCUT2D eigenvalue weighted by Crippen LogP contribution is 2.62. The Hall–Kier alpha value is -4.09. The summed E-state index contributed by atoms with van der Waals surface area (Å²) in [5.41, 5.74) is 3.96. The van der Waals surface area contributed by atoms with Crippen LogP contribution in [-0.4, -0.2) is 77.3 Å². The third-order valence-corrected chi connectivity index (χ3v) is 14.9. The molecule has 0 radical (unpaired) electrons. The standard InChI is InChI=1S/C57H80N2O7S/c1-4-7-8-9-10-11-12-13-20-31-54(62)59(34-5-2)53-42-51(58-65-43-44-25-16-14-17-26-44)49-40-45(27-21-23-35-60)48(30-22-24-36-61)55-50-41-46(63-38-39-67-47-28-18-15-19-29-47)32-33-52(50)66-57(53,56(49)55)64-37-6-3/h6,14-19,25-26,28-29,32-33,40-41,45,48,53,55-56,60-61H,3-5,7-13,20-24,27,30-31,34-39,42-43H2,1-2H3. The summed E-state index contributed by atoms with van der Waals surface area (Å²) in [7, 11) is 0. The fraction of sp³-hybridized carbons (Fsp3) is 0.579. The lowest BCUT2D eigenvalue weighted by Crippen LogP contribution is -2.70. The van der Waals surface area contributed by atoms with Crippen molar-refractivity contribution in [2.24, 2.45) is 22.9 Å². The number of fused-ring (bicyclic) bond motifs is 2. The first kappa shape index (κ1) is 52.3. The van der Waals surface area contributed by atoms with Crippen LogP contribution in [0.2, 0.25) is 0 Å². The smallest absolute Gasteiger partial charge is 0.239 e. The molecule has 6 unspecified atom stereocenters. The molecule has 2 N–H and O–H groups in total. The van der Waals surface area contributed by atoms with E-state index in [1.54, 1.807) is 17.8 Å². The van der Waals surface area contributed by atoms with Crippen LogP contribution in [0.3, 0.4) is 0 Å². The van der Waals surface area contributed by atoms with Crippen molar-refractivity contribution in [1.29, 1.82) is 0 Å². The van der Waals surface area contributed by atoms with Gasteiger partial charge in [0.25, 0.3) is 0 Å². The summed E-state index contributed by atoms with van der Waals surface area (Å²) in [6.45, 7) is 10.4. The third kappa shape index (κ3) is 14.5. The number of allylic oxidation sites excluding steroid dienone is 1. The largest absolute Gasteiger partial charge is 0.493 e. The van der Waals surface area contributed by atoms with Crippen molar-refractivity contribution in [3.63, 3.8) is 0 Å². The SMILES string of the molecule is C=CCOC12Oc3ccc(OCCSc4ccccc4)cc3C3C(CCCCO)C(CCCCO)C=C(C(=NOCc4ccccc4)CC1N(CCC)C(=O)CCCCCCCCCCC)C32. The lowest BCUT2D eigenvalue weighted by molar-refractivity contribution is -0.257. The first-order valence-electron chi connectivity index (χ1n) is 25.8. The minimum absolute atomic E-state index is 0.105. The summed E-state index contributed by atoms with van der Waals surface area (Å²) in [6.07, 6.45) is 21.4. The van der Waals surface area contributed by atoms with Gasteiger partial charge < -0.3 is 34.2 Å². The second-order valence-electron chi connectivity index (χ2n) is 18.7. The monoisotopic (exact) mass is 937 g/mol. The molecule has 2 aliphatic carbocycles. The minimum atomic E-state index is -1.26. The van der Waals surface area contributed by atoms with Crippen molar-refractivity contribution in [1.82, 2.24) is 4.90 Å². The maximum atomic E-state index is 14.9. The van der Waals surface area contributed by atoms with Crippen LogP contribution < -0.4 is 9.47 Å². The Balaban J connectivity index is 1.42.